The third-order valence-corrected chi connectivity index (χ3v) is 3.35. The van der Waals surface area contributed by atoms with Crippen LogP contribution in [0.15, 0.2) is 11.6 Å². The van der Waals surface area contributed by atoms with Crippen LogP contribution in [0.25, 0.3) is 0 Å². The summed E-state index contributed by atoms with van der Waals surface area (Å²) in [5.74, 6) is -2.89. The molecule has 0 amide bonds. The average Bonchev–Trinajstić information content (AvgIpc) is 2.39. The normalized spacial score (nSPS) is 10.5. The third kappa shape index (κ3) is 18.7. The Bertz CT molecular complexity index is 317. The van der Waals surface area contributed by atoms with Crippen LogP contribution in [-0.4, -0.2) is 11.9 Å². The summed E-state index contributed by atoms with van der Waals surface area (Å²) in [4.78, 5) is 21.0. The van der Waals surface area contributed by atoms with Gasteiger partial charge in [0, 0.05) is 0 Å². The maximum Gasteiger partial charge on any atom is 1.00 e. The van der Waals surface area contributed by atoms with Crippen LogP contribution in [0.3, 0.4) is 0 Å². The van der Waals surface area contributed by atoms with E-state index in [1.807, 2.05) is 0 Å². The zero-order valence-corrected chi connectivity index (χ0v) is 18.5. The summed E-state index contributed by atoms with van der Waals surface area (Å²) in [5, 5.41) is 21.0. The van der Waals surface area contributed by atoms with Crippen molar-refractivity contribution in [1.29, 1.82) is 0 Å². The van der Waals surface area contributed by atoms with Crippen LogP contribution in [0.5, 0.6) is 0 Å². The molecule has 4 nitrogen and oxygen atoms in total. The predicted molar refractivity (Wildman–Crippen MR) is 74.6 cm³/mol. The Morgan fingerprint density at radius 2 is 1.18 bits per heavy atom. The van der Waals surface area contributed by atoms with Gasteiger partial charge in [0.05, 0.1) is 11.9 Å². The van der Waals surface area contributed by atoms with Gasteiger partial charge in [0.25, 0.3) is 0 Å². The second-order valence-electron chi connectivity index (χ2n) is 5.21. The van der Waals surface area contributed by atoms with Gasteiger partial charge in [-0.15, -0.1) is 0 Å². The Kier molecular flexibility index (Phi) is 24.7. The van der Waals surface area contributed by atoms with E-state index >= 15 is 0 Å². The van der Waals surface area contributed by atoms with Gasteiger partial charge in [0.1, 0.15) is 0 Å². The summed E-state index contributed by atoms with van der Waals surface area (Å²) < 4.78 is 0. The second-order valence-corrected chi connectivity index (χ2v) is 5.21. The Hall–Kier alpha value is 0.680. The molecule has 0 fully saturated rings. The van der Waals surface area contributed by atoms with Crippen molar-refractivity contribution in [2.45, 2.75) is 77.6 Å². The minimum atomic E-state index is -1.48. The van der Waals surface area contributed by atoms with E-state index in [1.54, 1.807) is 0 Å². The zero-order chi connectivity index (χ0) is 15.2. The molecule has 0 N–H and O–H groups in total. The van der Waals surface area contributed by atoms with E-state index in [0.717, 1.165) is 19.3 Å². The van der Waals surface area contributed by atoms with Crippen molar-refractivity contribution in [3.63, 3.8) is 0 Å². The predicted octanol–water partition coefficient (Wildman–Crippen LogP) is -4.27. The van der Waals surface area contributed by atoms with Crippen LogP contribution in [0.4, 0.5) is 0 Å². The molecule has 0 saturated carbocycles. The molecule has 0 saturated heterocycles. The van der Waals surface area contributed by atoms with E-state index in [0.29, 0.717) is 12.5 Å². The molecule has 0 heterocycles. The molecule has 0 radical (unpaired) electrons. The molecule has 0 spiro atoms. The number of carboxylic acid groups (broad SMARTS) is 2. The molecule has 0 aliphatic heterocycles. The first-order valence-electron chi connectivity index (χ1n) is 7.70. The van der Waals surface area contributed by atoms with Crippen molar-refractivity contribution in [3.8, 4) is 0 Å². The topological polar surface area (TPSA) is 80.3 Å². The molecule has 0 aromatic heterocycles. The molecule has 0 unspecified atom stereocenters. The molecule has 22 heavy (non-hydrogen) atoms. The van der Waals surface area contributed by atoms with Gasteiger partial charge < -0.3 is 19.8 Å². The van der Waals surface area contributed by atoms with E-state index in [9.17, 15) is 19.8 Å². The van der Waals surface area contributed by atoms with Crippen molar-refractivity contribution in [1.82, 2.24) is 0 Å². The van der Waals surface area contributed by atoms with E-state index in [2.05, 4.69) is 6.92 Å². The molecule has 0 aromatic carbocycles. The maximum absolute atomic E-state index is 10.7. The molecule has 116 valence electrons. The molecular formula is C16H26Na2O4. The maximum atomic E-state index is 10.7. The molecule has 0 aliphatic carbocycles. The minimum absolute atomic E-state index is 0. The van der Waals surface area contributed by atoms with Crippen LogP contribution < -0.4 is 69.3 Å². The molecule has 0 rings (SSSR count). The molecule has 6 heteroatoms. The van der Waals surface area contributed by atoms with E-state index in [1.165, 1.54) is 38.5 Å². The summed E-state index contributed by atoms with van der Waals surface area (Å²) in [7, 11) is 0. The van der Waals surface area contributed by atoms with E-state index in [-0.39, 0.29) is 71.1 Å². The fourth-order valence-corrected chi connectivity index (χ4v) is 2.18. The smallest absolute Gasteiger partial charge is 0.545 e. The van der Waals surface area contributed by atoms with Gasteiger partial charge in [-0.25, -0.2) is 0 Å². The summed E-state index contributed by atoms with van der Waals surface area (Å²) in [6.45, 7) is 2.20. The Labute approximate surface area is 178 Å². The number of hydrogen-bond acceptors (Lipinski definition) is 4. The number of carboxylic acids is 2. The van der Waals surface area contributed by atoms with Gasteiger partial charge in [0.2, 0.25) is 0 Å². The summed E-state index contributed by atoms with van der Waals surface area (Å²) in [5.41, 5.74) is -0.176. The summed E-state index contributed by atoms with van der Waals surface area (Å²) >= 11 is 0. The van der Waals surface area contributed by atoms with Crippen LogP contribution in [0.1, 0.15) is 77.6 Å². The standard InChI is InChI=1S/C16H28O4.2Na/c1-2-3-4-5-6-7-8-9-10-11-12-14(16(19)20)13-15(17)18;;/h13H,2-12H2,1H3,(H,17,18)(H,19,20);;/q;2*+1/p-2/b14-13-;;. The summed E-state index contributed by atoms with van der Waals surface area (Å²) in [6.07, 6.45) is 12.4. The number of rotatable bonds is 13. The Balaban J connectivity index is -0.00000180. The fraction of sp³-hybridized carbons (Fsp3) is 0.750. The fourth-order valence-electron chi connectivity index (χ4n) is 2.18. The molecule has 0 bridgehead atoms. The van der Waals surface area contributed by atoms with Gasteiger partial charge in [-0.05, 0) is 24.5 Å². The first kappa shape index (κ1) is 27.5. The monoisotopic (exact) mass is 328 g/mol. The van der Waals surface area contributed by atoms with E-state index < -0.39 is 11.9 Å². The van der Waals surface area contributed by atoms with Crippen molar-refractivity contribution in [2.24, 2.45) is 0 Å². The van der Waals surface area contributed by atoms with Crippen molar-refractivity contribution in [3.05, 3.63) is 11.6 Å². The largest absolute Gasteiger partial charge is 1.00 e. The van der Waals surface area contributed by atoms with Crippen LogP contribution in [0, 0.1) is 0 Å². The van der Waals surface area contributed by atoms with Crippen molar-refractivity contribution < 1.29 is 78.9 Å². The second kappa shape index (κ2) is 19.7. The molecular weight excluding hydrogens is 302 g/mol. The first-order chi connectivity index (χ1) is 9.57. The van der Waals surface area contributed by atoms with Gasteiger partial charge in [-0.2, -0.15) is 0 Å². The van der Waals surface area contributed by atoms with Gasteiger partial charge in [0.15, 0.2) is 0 Å². The van der Waals surface area contributed by atoms with E-state index in [4.69, 9.17) is 0 Å². The molecule has 0 aliphatic rings. The third-order valence-electron chi connectivity index (χ3n) is 3.35. The van der Waals surface area contributed by atoms with Crippen LogP contribution in [-0.2, 0) is 9.59 Å². The van der Waals surface area contributed by atoms with Gasteiger partial charge >= 0.3 is 59.1 Å². The number of carbonyl (C=O) groups excluding carboxylic acids is 2. The number of aliphatic carboxylic acids is 2. The van der Waals surface area contributed by atoms with Gasteiger partial charge in [-0.1, -0.05) is 64.7 Å². The zero-order valence-electron chi connectivity index (χ0n) is 14.5. The quantitative estimate of drug-likeness (QED) is 0.195. The average molecular weight is 328 g/mol. The first-order valence-corrected chi connectivity index (χ1v) is 7.70. The van der Waals surface area contributed by atoms with Gasteiger partial charge in [-0.3, -0.25) is 0 Å². The van der Waals surface area contributed by atoms with Crippen LogP contribution in [0.2, 0.25) is 0 Å². The van der Waals surface area contributed by atoms with Crippen molar-refractivity contribution >= 4 is 11.9 Å². The minimum Gasteiger partial charge on any atom is -0.545 e. The number of carbonyl (C=O) groups is 2. The van der Waals surface area contributed by atoms with Crippen LogP contribution >= 0.6 is 0 Å². The Morgan fingerprint density at radius 3 is 1.55 bits per heavy atom. The van der Waals surface area contributed by atoms with Crippen molar-refractivity contribution in [2.75, 3.05) is 0 Å². The molecule has 0 aromatic rings. The summed E-state index contributed by atoms with van der Waals surface area (Å²) in [6, 6.07) is 0. The Morgan fingerprint density at radius 1 is 0.773 bits per heavy atom. The molecule has 0 atom stereocenters. The number of hydrogen-bond donors (Lipinski definition) is 0. The SMILES string of the molecule is CCCCCCCCCCCC/C(=C/C(=O)[O-])C(=O)[O-].[Na+].[Na+]. The number of unbranched alkanes of at least 4 members (excludes halogenated alkanes) is 9.